The van der Waals surface area contributed by atoms with Gasteiger partial charge in [-0.1, -0.05) is 64.0 Å². The van der Waals surface area contributed by atoms with Crippen molar-refractivity contribution in [1.29, 1.82) is 0 Å². The molecule has 0 aromatic carbocycles. The van der Waals surface area contributed by atoms with Crippen molar-refractivity contribution < 1.29 is 0 Å². The van der Waals surface area contributed by atoms with Crippen LogP contribution in [0.1, 0.15) is 41.5 Å². The molecule has 14 heavy (non-hydrogen) atoms. The maximum atomic E-state index is 2.41. The lowest BCUT2D eigenvalue weighted by atomic mass is 9.18. The zero-order valence-electron chi connectivity index (χ0n) is 11.6. The van der Waals surface area contributed by atoms with E-state index in [9.17, 15) is 0 Å². The maximum Gasteiger partial charge on any atom is 0.116 e. The molecule has 0 radical (unpaired) electrons. The molecule has 0 atom stereocenters. The molecule has 0 spiro atoms. The Morgan fingerprint density at radius 3 is 1.50 bits per heavy atom. The lowest BCUT2D eigenvalue weighted by Crippen LogP contribution is -2.35. The van der Waals surface area contributed by atoms with Gasteiger partial charge >= 0.3 is 0 Å². The molecule has 0 aromatic heterocycles. The maximum absolute atomic E-state index is 2.41. The van der Waals surface area contributed by atoms with Crippen molar-refractivity contribution in [3.05, 3.63) is 0 Å². The second-order valence-corrected chi connectivity index (χ2v) is 7.60. The zero-order valence-corrected chi connectivity index (χ0v) is 11.6. The summed E-state index contributed by atoms with van der Waals surface area (Å²) in [5, 5.41) is 1.42. The van der Waals surface area contributed by atoms with Gasteiger partial charge in [0.1, 0.15) is 21.8 Å². The Kier molecular flexibility index (Phi) is 4.49. The summed E-state index contributed by atoms with van der Waals surface area (Å²) in [5.41, 5.74) is 0. The zero-order chi connectivity index (χ0) is 11.6. The average molecular weight is 190 g/mol. The third-order valence-electron chi connectivity index (χ3n) is 2.92. The van der Waals surface area contributed by atoms with Crippen molar-refractivity contribution in [2.45, 2.75) is 64.0 Å². The Morgan fingerprint density at radius 1 is 0.786 bits per heavy atom. The van der Waals surface area contributed by atoms with Crippen LogP contribution in [0.2, 0.25) is 22.5 Å². The normalized spacial score (nSPS) is 13.6. The van der Waals surface area contributed by atoms with E-state index in [0.717, 1.165) is 0 Å². The molecular formula is C10H26B4. The van der Waals surface area contributed by atoms with Crippen LogP contribution in [0.15, 0.2) is 0 Å². The second-order valence-electron chi connectivity index (χ2n) is 7.60. The monoisotopic (exact) mass is 190 g/mol. The van der Waals surface area contributed by atoms with E-state index in [2.05, 4.69) is 56.2 Å². The molecule has 0 saturated carbocycles. The van der Waals surface area contributed by atoms with Crippen molar-refractivity contribution in [3.63, 3.8) is 0 Å². The van der Waals surface area contributed by atoms with Gasteiger partial charge in [-0.15, -0.1) is 0 Å². The van der Waals surface area contributed by atoms with Gasteiger partial charge in [0.25, 0.3) is 0 Å². The first-order valence-electron chi connectivity index (χ1n) is 5.97. The number of hydrogen-bond acceptors (Lipinski definition) is 0. The van der Waals surface area contributed by atoms with Gasteiger partial charge < -0.3 is 0 Å². The van der Waals surface area contributed by atoms with Gasteiger partial charge in [0.05, 0.1) is 7.85 Å². The summed E-state index contributed by atoms with van der Waals surface area (Å²) in [5.74, 6) is 0. The topological polar surface area (TPSA) is 0 Å². The van der Waals surface area contributed by atoms with E-state index in [1.807, 2.05) is 0 Å². The van der Waals surface area contributed by atoms with Crippen molar-refractivity contribution in [1.82, 2.24) is 0 Å². The van der Waals surface area contributed by atoms with Gasteiger partial charge in [-0.05, 0) is 0 Å². The van der Waals surface area contributed by atoms with Gasteiger partial charge in [0, 0.05) is 0 Å². The van der Waals surface area contributed by atoms with E-state index in [0.29, 0.717) is 15.6 Å². The van der Waals surface area contributed by atoms with Crippen molar-refractivity contribution in [2.75, 3.05) is 0 Å². The third-order valence-corrected chi connectivity index (χ3v) is 2.92. The van der Waals surface area contributed by atoms with Gasteiger partial charge in [0.15, 0.2) is 0 Å². The van der Waals surface area contributed by atoms with Crippen LogP contribution >= 0.6 is 0 Å². The van der Waals surface area contributed by atoms with E-state index < -0.39 is 0 Å². The van der Waals surface area contributed by atoms with Crippen LogP contribution < -0.4 is 0 Å². The third kappa shape index (κ3) is 6.67. The molecule has 0 aliphatic carbocycles. The van der Waals surface area contributed by atoms with E-state index in [1.165, 1.54) is 21.8 Å². The standard InChI is InChI=1S/C10H26B4/c1-8(2,11)13-10(5,6)14-9(3,4)12-7/h12-14H,11H2,1-7H3. The second kappa shape index (κ2) is 4.41. The first-order chi connectivity index (χ1) is 5.97. The van der Waals surface area contributed by atoms with E-state index in [1.54, 1.807) is 0 Å². The molecule has 0 aliphatic rings. The van der Waals surface area contributed by atoms with E-state index >= 15 is 0 Å². The largest absolute Gasteiger partial charge is 0.116 e. The molecule has 0 aromatic rings. The molecule has 0 N–H and O–H groups in total. The predicted octanol–water partition coefficient (Wildman–Crippen LogP) is 1.45. The fourth-order valence-corrected chi connectivity index (χ4v) is 2.92. The molecule has 0 heterocycles. The summed E-state index contributed by atoms with van der Waals surface area (Å²) in [6.07, 6.45) is 0. The van der Waals surface area contributed by atoms with Crippen LogP contribution in [0.4, 0.5) is 0 Å². The summed E-state index contributed by atoms with van der Waals surface area (Å²) in [6, 6.07) is 0. The predicted molar refractivity (Wildman–Crippen MR) is 78.0 cm³/mol. The first-order valence-corrected chi connectivity index (χ1v) is 5.97. The highest BCUT2D eigenvalue weighted by atomic mass is 14.1. The fraction of sp³-hybridized carbons (Fsp3) is 1.00. The Bertz CT molecular complexity index is 179. The van der Waals surface area contributed by atoms with Gasteiger partial charge in [-0.25, -0.2) is 0 Å². The Labute approximate surface area is 94.1 Å². The molecule has 0 saturated heterocycles. The molecule has 0 amide bonds. The quantitative estimate of drug-likeness (QED) is 0.575. The highest BCUT2D eigenvalue weighted by Gasteiger charge is 2.33. The number of rotatable bonds is 5. The van der Waals surface area contributed by atoms with Crippen LogP contribution in [0.25, 0.3) is 0 Å². The van der Waals surface area contributed by atoms with Crippen LogP contribution in [-0.2, 0) is 0 Å². The fourth-order valence-electron chi connectivity index (χ4n) is 2.92. The molecule has 0 fully saturated rings. The minimum absolute atomic E-state index is 0.452. The SMILES string of the molecule is BC(C)(C)BC(C)(C)BC(C)(C)BC. The molecule has 0 aliphatic heterocycles. The van der Waals surface area contributed by atoms with E-state index in [4.69, 9.17) is 0 Å². The van der Waals surface area contributed by atoms with Gasteiger partial charge in [-0.3, -0.25) is 0 Å². The summed E-state index contributed by atoms with van der Waals surface area (Å²) in [4.78, 5) is 0. The van der Waals surface area contributed by atoms with Crippen LogP contribution in [0.3, 0.4) is 0 Å². The Hall–Kier alpha value is 0.260. The summed E-state index contributed by atoms with van der Waals surface area (Å²) in [6.45, 7) is 16.6. The minimum Gasteiger partial charge on any atom is -0.0895 e. The molecular weight excluding hydrogens is 163 g/mol. The molecule has 0 unspecified atom stereocenters. The summed E-state index contributed by atoms with van der Waals surface area (Å²) >= 11 is 0. The highest BCUT2D eigenvalue weighted by molar-refractivity contribution is 6.74. The number of hydrogen-bond donors (Lipinski definition) is 0. The van der Waals surface area contributed by atoms with Crippen LogP contribution in [-0.4, -0.2) is 29.7 Å². The first kappa shape index (κ1) is 14.3. The molecule has 0 nitrogen and oxygen atoms in total. The Morgan fingerprint density at radius 2 is 1.21 bits per heavy atom. The van der Waals surface area contributed by atoms with Gasteiger partial charge in [0.2, 0.25) is 0 Å². The van der Waals surface area contributed by atoms with Crippen molar-refractivity contribution in [2.24, 2.45) is 0 Å². The van der Waals surface area contributed by atoms with Crippen molar-refractivity contribution >= 4 is 29.7 Å². The molecule has 0 rings (SSSR count). The van der Waals surface area contributed by atoms with Gasteiger partial charge in [-0.2, -0.15) is 0 Å². The molecule has 0 bridgehead atoms. The lowest BCUT2D eigenvalue weighted by molar-refractivity contribution is 0.814. The van der Waals surface area contributed by atoms with Crippen LogP contribution in [0.5, 0.6) is 0 Å². The highest BCUT2D eigenvalue weighted by Crippen LogP contribution is 2.38. The van der Waals surface area contributed by atoms with Crippen molar-refractivity contribution in [3.8, 4) is 0 Å². The Balaban J connectivity index is 4.35. The minimum atomic E-state index is 0.452. The molecule has 4 heteroatoms. The summed E-state index contributed by atoms with van der Waals surface area (Å²) in [7, 11) is 6.26. The lowest BCUT2D eigenvalue weighted by Gasteiger charge is -2.36. The van der Waals surface area contributed by atoms with E-state index in [-0.39, 0.29) is 0 Å². The smallest absolute Gasteiger partial charge is 0.0895 e. The average Bonchev–Trinajstić information content (AvgIpc) is 1.78. The summed E-state index contributed by atoms with van der Waals surface area (Å²) < 4.78 is 0. The molecule has 78 valence electrons. The van der Waals surface area contributed by atoms with Crippen LogP contribution in [0, 0.1) is 0 Å².